The van der Waals surface area contributed by atoms with Gasteiger partial charge in [-0.05, 0) is 60.7 Å². The summed E-state index contributed by atoms with van der Waals surface area (Å²) in [6, 6.07) is 19.8. The Kier molecular flexibility index (Phi) is 6.44. The molecule has 3 aromatic carbocycles. The molecule has 2 N–H and O–H groups in total. The number of hydrogen-bond acceptors (Lipinski definition) is 3. The number of benzene rings is 3. The minimum absolute atomic E-state index is 0.337. The number of amides is 2. The fourth-order valence-electron chi connectivity index (χ4n) is 3.54. The average Bonchev–Trinajstić information content (AvgIpc) is 3.10. The molecule has 2 amide bonds. The largest absolute Gasteiger partial charge is 0.497 e. The van der Waals surface area contributed by atoms with E-state index >= 15 is 0 Å². The summed E-state index contributed by atoms with van der Waals surface area (Å²) in [6.45, 7) is 0. The highest BCUT2D eigenvalue weighted by Gasteiger charge is 2.47. The first-order valence-corrected chi connectivity index (χ1v) is 10.6. The van der Waals surface area contributed by atoms with Crippen LogP contribution in [0.5, 0.6) is 5.75 Å². The van der Waals surface area contributed by atoms with Crippen molar-refractivity contribution in [3.05, 3.63) is 99.5 Å². The molecule has 3 aromatic rings. The Balaban J connectivity index is 1.71. The van der Waals surface area contributed by atoms with Crippen LogP contribution in [0.3, 0.4) is 0 Å². The van der Waals surface area contributed by atoms with Crippen LogP contribution in [-0.2, 0) is 4.79 Å². The first-order chi connectivity index (χ1) is 15.5. The van der Waals surface area contributed by atoms with Gasteiger partial charge in [-0.25, -0.2) is 0 Å². The lowest BCUT2D eigenvalue weighted by molar-refractivity contribution is -0.596. The number of halogens is 2. The number of hydrazone groups is 1. The van der Waals surface area contributed by atoms with Crippen LogP contribution in [0.1, 0.15) is 27.5 Å². The van der Waals surface area contributed by atoms with Gasteiger partial charge in [0, 0.05) is 16.1 Å². The first kappa shape index (κ1) is 21.9. The third-order valence-electron chi connectivity index (χ3n) is 5.17. The van der Waals surface area contributed by atoms with Crippen LogP contribution >= 0.6 is 23.2 Å². The van der Waals surface area contributed by atoms with Gasteiger partial charge in [0.05, 0.1) is 17.7 Å². The van der Waals surface area contributed by atoms with Crippen LogP contribution in [0.15, 0.2) is 72.8 Å². The summed E-state index contributed by atoms with van der Waals surface area (Å²) in [5.41, 5.74) is 4.79. The molecule has 162 valence electrons. The van der Waals surface area contributed by atoms with Crippen molar-refractivity contribution in [3.63, 3.8) is 0 Å². The Morgan fingerprint density at radius 3 is 2.38 bits per heavy atom. The van der Waals surface area contributed by atoms with Crippen molar-refractivity contribution in [2.75, 3.05) is 7.11 Å². The number of methoxy groups -OCH3 is 1. The molecule has 0 bridgehead atoms. The maximum Gasteiger partial charge on any atom is 0.304 e. The standard InChI is InChI=1S/C24H19Cl2N3O3/c1-32-19-12-8-15(9-13-19)22-21(27-23(30)16-6-10-18(25)11-7-16)24(31)28-29(22)14-17-4-2-3-5-20(17)26/h2-14,21-22H,1H3,(H-,27,28,30,31)/p+1/b29-14-/t21-,22-/m0/s1. The molecule has 1 aliphatic rings. The van der Waals surface area contributed by atoms with E-state index in [2.05, 4.69) is 10.7 Å². The maximum absolute atomic E-state index is 12.9. The number of ether oxygens (including phenoxy) is 1. The smallest absolute Gasteiger partial charge is 0.304 e. The number of carbonyl (C=O) groups is 2. The number of hydrogen-bond donors (Lipinski definition) is 2. The molecule has 6 nitrogen and oxygen atoms in total. The molecule has 32 heavy (non-hydrogen) atoms. The minimum atomic E-state index is -0.842. The van der Waals surface area contributed by atoms with Gasteiger partial charge in [-0.15, -0.1) is 10.1 Å². The summed E-state index contributed by atoms with van der Waals surface area (Å²) in [5, 5.41) is 3.92. The topological polar surface area (TPSA) is 70.4 Å². The van der Waals surface area contributed by atoms with Gasteiger partial charge >= 0.3 is 5.91 Å². The average molecular weight is 469 g/mol. The number of rotatable bonds is 5. The fourth-order valence-corrected chi connectivity index (χ4v) is 3.85. The van der Waals surface area contributed by atoms with E-state index in [4.69, 9.17) is 27.9 Å². The number of nitrogens with zero attached hydrogens (tertiary/aromatic N) is 1. The molecule has 0 radical (unpaired) electrons. The Morgan fingerprint density at radius 1 is 1.03 bits per heavy atom. The molecule has 1 fully saturated rings. The normalized spacial score (nSPS) is 19.0. The van der Waals surface area contributed by atoms with Gasteiger partial charge < -0.3 is 10.1 Å². The predicted molar refractivity (Wildman–Crippen MR) is 123 cm³/mol. The number of nitrogens with one attached hydrogen (secondary N) is 2. The molecule has 0 saturated carbocycles. The van der Waals surface area contributed by atoms with Crippen molar-refractivity contribution in [1.82, 2.24) is 10.7 Å². The molecule has 2 atom stereocenters. The van der Waals surface area contributed by atoms with Crippen LogP contribution in [0, 0.1) is 0 Å². The fraction of sp³-hybridized carbons (Fsp3) is 0.125. The van der Waals surface area contributed by atoms with Crippen molar-refractivity contribution < 1.29 is 19.0 Å². The summed E-state index contributed by atoms with van der Waals surface area (Å²) in [7, 11) is 1.59. The molecule has 4 rings (SSSR count). The second kappa shape index (κ2) is 9.42. The Bertz CT molecular complexity index is 1180. The second-order valence-corrected chi connectivity index (χ2v) is 8.05. The monoisotopic (exact) mass is 468 g/mol. The summed E-state index contributed by atoms with van der Waals surface area (Å²) in [5.74, 6) is -0.0224. The molecule has 0 unspecified atom stereocenters. The van der Waals surface area contributed by atoms with E-state index in [0.717, 1.165) is 11.1 Å². The molecule has 1 saturated heterocycles. The summed E-state index contributed by atoms with van der Waals surface area (Å²) < 4.78 is 6.91. The van der Waals surface area contributed by atoms with E-state index in [0.29, 0.717) is 21.4 Å². The van der Waals surface area contributed by atoms with Gasteiger partial charge in [0.15, 0.2) is 6.04 Å². The van der Waals surface area contributed by atoms with Crippen LogP contribution < -0.4 is 15.5 Å². The lowest BCUT2D eigenvalue weighted by Gasteiger charge is -2.15. The zero-order chi connectivity index (χ0) is 22.7. The number of hydrazine groups is 1. The van der Waals surface area contributed by atoms with Crippen molar-refractivity contribution in [3.8, 4) is 5.75 Å². The molecule has 8 heteroatoms. The van der Waals surface area contributed by atoms with Crippen molar-refractivity contribution >= 4 is 41.2 Å². The molecule has 0 aromatic heterocycles. The minimum Gasteiger partial charge on any atom is -0.497 e. The number of carbonyl (C=O) groups excluding carboxylic acids is 2. The molecular weight excluding hydrogens is 449 g/mol. The molecule has 0 spiro atoms. The van der Waals surface area contributed by atoms with Crippen molar-refractivity contribution in [2.45, 2.75) is 12.1 Å². The molecule has 1 heterocycles. The van der Waals surface area contributed by atoms with Crippen LogP contribution in [0.25, 0.3) is 0 Å². The zero-order valence-corrected chi connectivity index (χ0v) is 18.6. The summed E-state index contributed by atoms with van der Waals surface area (Å²) >= 11 is 12.2. The predicted octanol–water partition coefficient (Wildman–Crippen LogP) is 4.02. The Hall–Kier alpha value is -3.35. The van der Waals surface area contributed by atoms with E-state index in [1.807, 2.05) is 42.5 Å². The van der Waals surface area contributed by atoms with Crippen molar-refractivity contribution in [1.29, 1.82) is 0 Å². The molecule has 0 aliphatic carbocycles. The Morgan fingerprint density at radius 2 is 1.72 bits per heavy atom. The summed E-state index contributed by atoms with van der Waals surface area (Å²) in [4.78, 5) is 25.8. The molecule has 1 aliphatic heterocycles. The van der Waals surface area contributed by atoms with Crippen LogP contribution in [0.2, 0.25) is 10.0 Å². The van der Waals surface area contributed by atoms with E-state index < -0.39 is 12.1 Å². The first-order valence-electron chi connectivity index (χ1n) is 9.85. The SMILES string of the molecule is COc1ccc([C@H]2[C@H](NC(=O)c3ccc(Cl)cc3)C(=O)N/[N+]2=C\c2ccccc2Cl)cc1. The lowest BCUT2D eigenvalue weighted by atomic mass is 9.99. The second-order valence-electron chi connectivity index (χ2n) is 7.21. The van der Waals surface area contributed by atoms with Gasteiger partial charge in [0.2, 0.25) is 12.3 Å². The quantitative estimate of drug-likeness (QED) is 0.555. The third-order valence-corrected chi connectivity index (χ3v) is 5.77. The Labute approximate surface area is 195 Å². The van der Waals surface area contributed by atoms with E-state index in [9.17, 15) is 9.59 Å². The highest BCUT2D eigenvalue weighted by molar-refractivity contribution is 6.33. The zero-order valence-electron chi connectivity index (χ0n) is 17.1. The lowest BCUT2D eigenvalue weighted by Crippen LogP contribution is -2.42. The van der Waals surface area contributed by atoms with E-state index in [1.54, 1.807) is 48.3 Å². The highest BCUT2D eigenvalue weighted by atomic mass is 35.5. The van der Waals surface area contributed by atoms with Gasteiger partial charge in [-0.2, -0.15) is 0 Å². The van der Waals surface area contributed by atoms with Gasteiger partial charge in [-0.3, -0.25) is 9.59 Å². The van der Waals surface area contributed by atoms with Gasteiger partial charge in [-0.1, -0.05) is 35.3 Å². The van der Waals surface area contributed by atoms with Crippen molar-refractivity contribution in [2.24, 2.45) is 0 Å². The third kappa shape index (κ3) is 4.61. The maximum atomic E-state index is 12.9. The molecular formula is C24H20Cl2N3O3+. The van der Waals surface area contributed by atoms with Gasteiger partial charge in [0.1, 0.15) is 5.75 Å². The van der Waals surface area contributed by atoms with E-state index in [1.165, 1.54) is 0 Å². The van der Waals surface area contributed by atoms with Gasteiger partial charge in [0.25, 0.3) is 5.91 Å². The van der Waals surface area contributed by atoms with Crippen LogP contribution in [-0.4, -0.2) is 35.9 Å². The highest BCUT2D eigenvalue weighted by Crippen LogP contribution is 2.28. The summed E-state index contributed by atoms with van der Waals surface area (Å²) in [6.07, 6.45) is 1.75. The van der Waals surface area contributed by atoms with E-state index in [-0.39, 0.29) is 11.8 Å². The van der Waals surface area contributed by atoms with Crippen LogP contribution in [0.4, 0.5) is 0 Å².